The maximum atomic E-state index is 10.8. The third kappa shape index (κ3) is 2.36. The van der Waals surface area contributed by atoms with E-state index in [0.717, 1.165) is 0 Å². The van der Waals surface area contributed by atoms with E-state index in [-0.39, 0.29) is 5.78 Å². The lowest BCUT2D eigenvalue weighted by Gasteiger charge is -2.06. The van der Waals surface area contributed by atoms with Crippen LogP contribution in [0.3, 0.4) is 0 Å². The summed E-state index contributed by atoms with van der Waals surface area (Å²) in [6.07, 6.45) is 1.38. The molecule has 0 fully saturated rings. The van der Waals surface area contributed by atoms with Gasteiger partial charge >= 0.3 is 7.32 Å². The lowest BCUT2D eigenvalue weighted by atomic mass is 10.2. The number of hydrogen-bond acceptors (Lipinski definition) is 4. The molecule has 1 aromatic rings. The number of carbonyl (C=O) groups is 1. The molecule has 0 radical (unpaired) electrons. The van der Waals surface area contributed by atoms with Gasteiger partial charge in [-0.3, -0.25) is 4.79 Å². The summed E-state index contributed by atoms with van der Waals surface area (Å²) in [6.45, 7) is 3.13. The average Bonchev–Trinajstić information content (AvgIpc) is 2.57. The van der Waals surface area contributed by atoms with Crippen molar-refractivity contribution in [2.75, 3.05) is 0 Å². The molecule has 1 aliphatic rings. The van der Waals surface area contributed by atoms with Crippen LogP contribution in [0.25, 0.3) is 0 Å². The summed E-state index contributed by atoms with van der Waals surface area (Å²) in [6, 6.07) is 7.29. The number of allylic oxidation sites excluding steroid dienone is 2. The van der Waals surface area contributed by atoms with Crippen LogP contribution in [0.1, 0.15) is 13.8 Å². The zero-order chi connectivity index (χ0) is 11.5. The van der Waals surface area contributed by atoms with Gasteiger partial charge in [-0.2, -0.15) is 0 Å². The fourth-order valence-electron chi connectivity index (χ4n) is 1.40. The predicted molar refractivity (Wildman–Crippen MR) is 59.0 cm³/mol. The van der Waals surface area contributed by atoms with E-state index in [1.54, 1.807) is 19.1 Å². The van der Waals surface area contributed by atoms with Crippen molar-refractivity contribution < 1.29 is 18.8 Å². The van der Waals surface area contributed by atoms with Crippen molar-refractivity contribution in [1.82, 2.24) is 0 Å². The zero-order valence-electron chi connectivity index (χ0n) is 9.10. The van der Waals surface area contributed by atoms with Gasteiger partial charge in [-0.05, 0) is 26.0 Å². The fourth-order valence-corrected chi connectivity index (χ4v) is 1.40. The second-order valence-electron chi connectivity index (χ2n) is 3.45. The highest BCUT2D eigenvalue weighted by molar-refractivity contribution is 6.40. The van der Waals surface area contributed by atoms with Crippen LogP contribution in [0.5, 0.6) is 11.5 Å². The molecule has 1 aromatic carbocycles. The maximum Gasteiger partial charge on any atom is 0.864 e. The molecule has 0 N–H and O–H groups in total. The number of rotatable bonds is 3. The van der Waals surface area contributed by atoms with Gasteiger partial charge in [0.05, 0.1) is 5.76 Å². The highest BCUT2D eigenvalue weighted by atomic mass is 16.8. The van der Waals surface area contributed by atoms with E-state index < -0.39 is 7.32 Å². The van der Waals surface area contributed by atoms with E-state index in [2.05, 4.69) is 0 Å². The summed E-state index contributed by atoms with van der Waals surface area (Å²) < 4.78 is 16.0. The van der Waals surface area contributed by atoms with Crippen LogP contribution in [-0.4, -0.2) is 13.1 Å². The Morgan fingerprint density at radius 3 is 2.31 bits per heavy atom. The Hall–Kier alpha value is -1.91. The number of ketones is 1. The molecule has 0 spiro atoms. The van der Waals surface area contributed by atoms with Gasteiger partial charge in [-0.15, -0.1) is 0 Å². The topological polar surface area (TPSA) is 44.8 Å². The minimum Gasteiger partial charge on any atom is -0.494 e. The molecule has 0 bridgehead atoms. The van der Waals surface area contributed by atoms with Gasteiger partial charge in [-0.1, -0.05) is 12.1 Å². The lowest BCUT2D eigenvalue weighted by molar-refractivity contribution is -0.112. The Bertz CT molecular complexity index is 416. The van der Waals surface area contributed by atoms with Gasteiger partial charge in [0.1, 0.15) is 11.5 Å². The Kier molecular flexibility index (Phi) is 2.85. The molecule has 0 atom stereocenters. The molecule has 0 saturated heterocycles. The first-order valence-corrected chi connectivity index (χ1v) is 4.93. The standard InChI is InChI=1S/C11H11BO4/c1-8(13)7-9(2)14-12-15-10-5-3-4-6-11(10)16-12/h3-7H,1-2H3/b9-7-. The van der Waals surface area contributed by atoms with Crippen LogP contribution in [0.4, 0.5) is 0 Å². The first-order valence-electron chi connectivity index (χ1n) is 4.93. The molecule has 1 heterocycles. The van der Waals surface area contributed by atoms with Crippen LogP contribution in [-0.2, 0) is 9.45 Å². The third-order valence-electron chi connectivity index (χ3n) is 1.98. The van der Waals surface area contributed by atoms with Gasteiger partial charge in [0.25, 0.3) is 0 Å². The van der Waals surface area contributed by atoms with Crippen molar-refractivity contribution in [1.29, 1.82) is 0 Å². The van der Waals surface area contributed by atoms with Crippen LogP contribution < -0.4 is 9.31 Å². The molecule has 0 aromatic heterocycles. The van der Waals surface area contributed by atoms with E-state index in [9.17, 15) is 4.79 Å². The first kappa shape index (κ1) is 10.6. The molecule has 5 heteroatoms. The molecule has 82 valence electrons. The molecule has 0 amide bonds. The summed E-state index contributed by atoms with van der Waals surface area (Å²) in [4.78, 5) is 10.8. The number of carbonyl (C=O) groups excluding carboxylic acids is 1. The second-order valence-corrected chi connectivity index (χ2v) is 3.45. The number of para-hydroxylation sites is 2. The summed E-state index contributed by atoms with van der Waals surface area (Å²) in [5.41, 5.74) is 0. The highest BCUT2D eigenvalue weighted by Gasteiger charge is 2.37. The van der Waals surface area contributed by atoms with Gasteiger partial charge in [-0.25, -0.2) is 0 Å². The maximum absolute atomic E-state index is 10.8. The van der Waals surface area contributed by atoms with Crippen LogP contribution in [0.15, 0.2) is 36.1 Å². The fraction of sp³-hybridized carbons (Fsp3) is 0.182. The van der Waals surface area contributed by atoms with Crippen molar-refractivity contribution in [3.63, 3.8) is 0 Å². The van der Waals surface area contributed by atoms with Gasteiger partial charge in [0.2, 0.25) is 0 Å². The van der Waals surface area contributed by atoms with Gasteiger partial charge < -0.3 is 14.0 Å². The minimum atomic E-state index is -0.812. The summed E-state index contributed by atoms with van der Waals surface area (Å²) >= 11 is 0. The first-order chi connectivity index (χ1) is 7.65. The molecule has 0 aliphatic carbocycles. The van der Waals surface area contributed by atoms with Crippen LogP contribution in [0, 0.1) is 0 Å². The van der Waals surface area contributed by atoms with Gasteiger partial charge in [0.15, 0.2) is 5.78 Å². The molecule has 0 unspecified atom stereocenters. The second kappa shape index (κ2) is 4.30. The van der Waals surface area contributed by atoms with Crippen LogP contribution >= 0.6 is 0 Å². The van der Waals surface area contributed by atoms with E-state index in [1.165, 1.54) is 13.0 Å². The number of hydrogen-bond donors (Lipinski definition) is 0. The quantitative estimate of drug-likeness (QED) is 0.441. The van der Waals surface area contributed by atoms with Crippen molar-refractivity contribution in [3.8, 4) is 11.5 Å². The van der Waals surface area contributed by atoms with E-state index in [0.29, 0.717) is 17.3 Å². The predicted octanol–water partition coefficient (Wildman–Crippen LogP) is 1.95. The van der Waals surface area contributed by atoms with Gasteiger partial charge in [0, 0.05) is 6.08 Å². The van der Waals surface area contributed by atoms with E-state index in [4.69, 9.17) is 14.0 Å². The molecular formula is C11H11BO4. The van der Waals surface area contributed by atoms with E-state index >= 15 is 0 Å². The Labute approximate surface area is 94.0 Å². The Balaban J connectivity index is 2.00. The van der Waals surface area contributed by atoms with Crippen molar-refractivity contribution >= 4 is 13.1 Å². The summed E-state index contributed by atoms with van der Waals surface area (Å²) in [5, 5.41) is 0. The molecular weight excluding hydrogens is 207 g/mol. The van der Waals surface area contributed by atoms with Crippen molar-refractivity contribution in [3.05, 3.63) is 36.1 Å². The SMILES string of the molecule is CC(=O)/C=C(/C)OB1Oc2ccccc2O1. The minimum absolute atomic E-state index is 0.0759. The molecule has 0 saturated carbocycles. The Morgan fingerprint density at radius 2 is 1.81 bits per heavy atom. The highest BCUT2D eigenvalue weighted by Crippen LogP contribution is 2.33. The van der Waals surface area contributed by atoms with Crippen LogP contribution in [0.2, 0.25) is 0 Å². The summed E-state index contributed by atoms with van der Waals surface area (Å²) in [7, 11) is -0.812. The molecule has 2 rings (SSSR count). The smallest absolute Gasteiger partial charge is 0.494 e. The number of fused-ring (bicyclic) bond motifs is 1. The lowest BCUT2D eigenvalue weighted by Crippen LogP contribution is -2.28. The zero-order valence-corrected chi connectivity index (χ0v) is 9.10. The molecule has 4 nitrogen and oxygen atoms in total. The average molecular weight is 218 g/mol. The van der Waals surface area contributed by atoms with Crippen molar-refractivity contribution in [2.24, 2.45) is 0 Å². The molecule has 1 aliphatic heterocycles. The largest absolute Gasteiger partial charge is 0.864 e. The Morgan fingerprint density at radius 1 is 1.25 bits per heavy atom. The molecule has 16 heavy (non-hydrogen) atoms. The monoisotopic (exact) mass is 218 g/mol. The normalized spacial score (nSPS) is 13.9. The number of benzene rings is 1. The summed E-state index contributed by atoms with van der Waals surface area (Å²) in [5.74, 6) is 1.67. The van der Waals surface area contributed by atoms with Crippen molar-refractivity contribution in [2.45, 2.75) is 13.8 Å². The van der Waals surface area contributed by atoms with E-state index in [1.807, 2.05) is 12.1 Å². The third-order valence-corrected chi connectivity index (χ3v) is 1.98.